The predicted octanol–water partition coefficient (Wildman–Crippen LogP) is 12.5. The van der Waals surface area contributed by atoms with Gasteiger partial charge in [-0.15, -0.1) is 0 Å². The monoisotopic (exact) mass is 676 g/mol. The van der Waals surface area contributed by atoms with Crippen LogP contribution in [0.1, 0.15) is 0 Å². The van der Waals surface area contributed by atoms with Gasteiger partial charge in [-0.05, 0) is 97.9 Å². The maximum atomic E-state index is 5.29. The molecule has 0 N–H and O–H groups in total. The summed E-state index contributed by atoms with van der Waals surface area (Å²) in [6.07, 6.45) is 5.65. The molecule has 0 radical (unpaired) electrons. The van der Waals surface area contributed by atoms with E-state index in [4.69, 9.17) is 9.97 Å². The lowest BCUT2D eigenvalue weighted by Crippen LogP contribution is -1.97. The van der Waals surface area contributed by atoms with E-state index < -0.39 is 0 Å². The first kappa shape index (κ1) is 30.6. The zero-order chi connectivity index (χ0) is 35.1. The molecule has 3 heterocycles. The molecule has 0 bridgehead atoms. The summed E-state index contributed by atoms with van der Waals surface area (Å²) in [7, 11) is 0. The SMILES string of the molecule is c1ccc(-c2nccc3c2nc(-c2ccc(-c4cc(-c5cccnc5)cc(-c5cc6ccccc6c6ccccc56)c4)cc2)n3-c2ccccc2)cc1. The van der Waals surface area contributed by atoms with Crippen molar-refractivity contribution in [2.45, 2.75) is 0 Å². The van der Waals surface area contributed by atoms with Gasteiger partial charge >= 0.3 is 0 Å². The van der Waals surface area contributed by atoms with Gasteiger partial charge in [0.05, 0.1) is 11.2 Å². The average Bonchev–Trinajstić information content (AvgIpc) is 3.64. The smallest absolute Gasteiger partial charge is 0.145 e. The van der Waals surface area contributed by atoms with Crippen LogP contribution in [0, 0.1) is 0 Å². The maximum Gasteiger partial charge on any atom is 0.145 e. The molecule has 0 saturated carbocycles. The molecule has 0 atom stereocenters. The van der Waals surface area contributed by atoms with Gasteiger partial charge in [-0.25, -0.2) is 4.98 Å². The number of hydrogen-bond donors (Lipinski definition) is 0. The Morgan fingerprint density at radius 2 is 1.06 bits per heavy atom. The highest BCUT2D eigenvalue weighted by atomic mass is 15.1. The number of aromatic nitrogens is 4. The van der Waals surface area contributed by atoms with E-state index in [1.807, 2.05) is 48.9 Å². The van der Waals surface area contributed by atoms with Crippen LogP contribution >= 0.6 is 0 Å². The molecule has 0 aliphatic rings. The first-order chi connectivity index (χ1) is 26.3. The summed E-state index contributed by atoms with van der Waals surface area (Å²) in [6, 6.07) is 62.3. The zero-order valence-corrected chi connectivity index (χ0v) is 28.8. The average molecular weight is 677 g/mol. The van der Waals surface area contributed by atoms with E-state index in [0.717, 1.165) is 61.6 Å². The Bertz CT molecular complexity index is 2910. The fraction of sp³-hybridized carbons (Fsp3) is 0. The van der Waals surface area contributed by atoms with Crippen LogP contribution in [0.25, 0.3) is 94.3 Å². The Morgan fingerprint density at radius 1 is 0.415 bits per heavy atom. The van der Waals surface area contributed by atoms with E-state index in [9.17, 15) is 0 Å². The molecule has 10 aromatic rings. The number of hydrogen-bond acceptors (Lipinski definition) is 3. The van der Waals surface area contributed by atoms with E-state index in [1.54, 1.807) is 0 Å². The summed E-state index contributed by atoms with van der Waals surface area (Å²) in [4.78, 5) is 14.6. The molecule has 0 amide bonds. The van der Waals surface area contributed by atoms with Crippen molar-refractivity contribution < 1.29 is 0 Å². The third-order valence-corrected chi connectivity index (χ3v) is 10.1. The molecule has 248 valence electrons. The van der Waals surface area contributed by atoms with E-state index in [2.05, 4.69) is 155 Å². The molecule has 0 fully saturated rings. The second-order valence-electron chi connectivity index (χ2n) is 13.3. The Morgan fingerprint density at radius 3 is 1.83 bits per heavy atom. The first-order valence-corrected chi connectivity index (χ1v) is 17.8. The van der Waals surface area contributed by atoms with Crippen LogP contribution in [-0.2, 0) is 0 Å². The number of fused-ring (bicyclic) bond motifs is 4. The van der Waals surface area contributed by atoms with Crippen LogP contribution in [0.5, 0.6) is 0 Å². The third kappa shape index (κ3) is 5.45. The molecule has 0 aliphatic carbocycles. The topological polar surface area (TPSA) is 43.6 Å². The molecular formula is C49H32N4. The van der Waals surface area contributed by atoms with E-state index in [-0.39, 0.29) is 0 Å². The fourth-order valence-corrected chi connectivity index (χ4v) is 7.60. The van der Waals surface area contributed by atoms with Crippen molar-refractivity contribution in [3.05, 3.63) is 195 Å². The molecular weight excluding hydrogens is 645 g/mol. The van der Waals surface area contributed by atoms with Crippen molar-refractivity contribution >= 4 is 32.6 Å². The van der Waals surface area contributed by atoms with Crippen molar-refractivity contribution in [3.63, 3.8) is 0 Å². The molecule has 10 rings (SSSR count). The van der Waals surface area contributed by atoms with Gasteiger partial charge in [0.2, 0.25) is 0 Å². The Labute approximate surface area is 307 Å². The molecule has 0 unspecified atom stereocenters. The molecule has 0 spiro atoms. The maximum absolute atomic E-state index is 5.29. The summed E-state index contributed by atoms with van der Waals surface area (Å²) < 4.78 is 2.24. The van der Waals surface area contributed by atoms with Crippen LogP contribution in [0.15, 0.2) is 195 Å². The highest BCUT2D eigenvalue weighted by molar-refractivity contribution is 6.14. The van der Waals surface area contributed by atoms with E-state index in [1.165, 1.54) is 32.7 Å². The van der Waals surface area contributed by atoms with Gasteiger partial charge in [-0.2, -0.15) is 0 Å². The summed E-state index contributed by atoms with van der Waals surface area (Å²) in [5, 5.41) is 4.98. The van der Waals surface area contributed by atoms with Crippen molar-refractivity contribution in [1.82, 2.24) is 19.5 Å². The van der Waals surface area contributed by atoms with E-state index >= 15 is 0 Å². The molecule has 3 aromatic heterocycles. The Hall–Kier alpha value is -7.17. The quantitative estimate of drug-likeness (QED) is 0.165. The zero-order valence-electron chi connectivity index (χ0n) is 28.8. The Kier molecular flexibility index (Phi) is 7.43. The van der Waals surface area contributed by atoms with Crippen LogP contribution in [0.2, 0.25) is 0 Å². The van der Waals surface area contributed by atoms with Gasteiger partial charge in [0.1, 0.15) is 11.3 Å². The number of para-hydroxylation sites is 1. The largest absolute Gasteiger partial charge is 0.292 e. The van der Waals surface area contributed by atoms with Gasteiger partial charge in [-0.3, -0.25) is 14.5 Å². The molecule has 0 saturated heterocycles. The second kappa shape index (κ2) is 12.9. The second-order valence-corrected chi connectivity index (χ2v) is 13.3. The summed E-state index contributed by atoms with van der Waals surface area (Å²) in [5.41, 5.74) is 12.7. The molecule has 7 aromatic carbocycles. The van der Waals surface area contributed by atoms with Gasteiger partial charge in [0, 0.05) is 41.0 Å². The molecule has 0 aliphatic heterocycles. The number of pyridine rings is 2. The van der Waals surface area contributed by atoms with Gasteiger partial charge in [0.15, 0.2) is 0 Å². The summed E-state index contributed by atoms with van der Waals surface area (Å²) in [5.74, 6) is 0.871. The summed E-state index contributed by atoms with van der Waals surface area (Å²) >= 11 is 0. The minimum Gasteiger partial charge on any atom is -0.292 e. The minimum absolute atomic E-state index is 0.871. The lowest BCUT2D eigenvalue weighted by atomic mass is 9.89. The lowest BCUT2D eigenvalue weighted by Gasteiger charge is -2.15. The van der Waals surface area contributed by atoms with Crippen molar-refractivity contribution in [2.75, 3.05) is 0 Å². The fourth-order valence-electron chi connectivity index (χ4n) is 7.60. The standard InChI is InChI=1S/C49H32N4/c1-3-12-34(13-4-1)47-48-46(25-27-51-47)53(41-16-5-2-6-17-41)49(52-48)35-23-21-33(22-24-35)38-28-39(37-15-11-26-50-32-37)30-40(29-38)45-31-36-14-7-8-18-42(36)43-19-9-10-20-44(43)45/h1-32H. The van der Waals surface area contributed by atoms with Gasteiger partial charge < -0.3 is 0 Å². The molecule has 53 heavy (non-hydrogen) atoms. The van der Waals surface area contributed by atoms with Crippen molar-refractivity contribution in [2.24, 2.45) is 0 Å². The normalized spacial score (nSPS) is 11.4. The highest BCUT2D eigenvalue weighted by Gasteiger charge is 2.19. The van der Waals surface area contributed by atoms with E-state index in [0.29, 0.717) is 0 Å². The molecule has 4 heteroatoms. The minimum atomic E-state index is 0.871. The van der Waals surface area contributed by atoms with Crippen LogP contribution < -0.4 is 0 Å². The van der Waals surface area contributed by atoms with Crippen molar-refractivity contribution in [1.29, 1.82) is 0 Å². The highest BCUT2D eigenvalue weighted by Crippen LogP contribution is 2.40. The molecule has 4 nitrogen and oxygen atoms in total. The number of benzene rings is 7. The van der Waals surface area contributed by atoms with Gasteiger partial charge in [-0.1, -0.05) is 127 Å². The number of rotatable bonds is 6. The predicted molar refractivity (Wildman–Crippen MR) is 219 cm³/mol. The third-order valence-electron chi connectivity index (χ3n) is 10.1. The van der Waals surface area contributed by atoms with Gasteiger partial charge in [0.25, 0.3) is 0 Å². The number of imidazole rings is 1. The summed E-state index contributed by atoms with van der Waals surface area (Å²) in [6.45, 7) is 0. The first-order valence-electron chi connectivity index (χ1n) is 17.8. The Balaban J connectivity index is 1.14. The number of nitrogens with zero attached hydrogens (tertiary/aromatic N) is 4. The van der Waals surface area contributed by atoms with Crippen LogP contribution in [-0.4, -0.2) is 19.5 Å². The van der Waals surface area contributed by atoms with Crippen LogP contribution in [0.3, 0.4) is 0 Å². The van der Waals surface area contributed by atoms with Crippen LogP contribution in [0.4, 0.5) is 0 Å². The van der Waals surface area contributed by atoms with Crippen molar-refractivity contribution in [3.8, 4) is 61.7 Å². The lowest BCUT2D eigenvalue weighted by molar-refractivity contribution is 1.10.